The third-order valence-electron chi connectivity index (χ3n) is 2.42. The van der Waals surface area contributed by atoms with Crippen LogP contribution in [-0.2, 0) is 6.42 Å². The number of hydrogen-bond acceptors (Lipinski definition) is 0. The van der Waals surface area contributed by atoms with Crippen molar-refractivity contribution in [3.05, 3.63) is 33.8 Å². The highest BCUT2D eigenvalue weighted by atomic mass is 79.9. The van der Waals surface area contributed by atoms with Crippen LogP contribution in [0.2, 0.25) is 10.0 Å². The van der Waals surface area contributed by atoms with Crippen LogP contribution in [0.1, 0.15) is 25.8 Å². The second-order valence-corrected chi connectivity index (χ2v) is 6.04. The van der Waals surface area contributed by atoms with Gasteiger partial charge in [0.15, 0.2) is 0 Å². The normalized spacial score (nSPS) is 13.2. The molecular weight excluding hydrogens is 295 g/mol. The molecule has 84 valence electrons. The van der Waals surface area contributed by atoms with E-state index >= 15 is 0 Å². The second kappa shape index (κ2) is 6.12. The third kappa shape index (κ3) is 4.34. The predicted octanol–water partition coefficient (Wildman–Crippen LogP) is 5.35. The molecule has 0 spiro atoms. The summed E-state index contributed by atoms with van der Waals surface area (Å²) < 4.78 is 0. The number of aryl methyl sites for hydroxylation is 1. The Kier molecular flexibility index (Phi) is 5.45. The lowest BCUT2D eigenvalue weighted by atomic mass is 10.0. The summed E-state index contributed by atoms with van der Waals surface area (Å²) in [6, 6.07) is 5.84. The van der Waals surface area contributed by atoms with E-state index in [1.54, 1.807) is 0 Å². The van der Waals surface area contributed by atoms with Crippen LogP contribution in [0, 0.1) is 5.92 Å². The van der Waals surface area contributed by atoms with Gasteiger partial charge in [-0.05, 0) is 36.5 Å². The fraction of sp³-hybridized carbons (Fsp3) is 0.500. The second-order valence-electron chi connectivity index (χ2n) is 4.05. The van der Waals surface area contributed by atoms with E-state index in [1.165, 1.54) is 5.56 Å². The van der Waals surface area contributed by atoms with Crippen LogP contribution in [-0.4, -0.2) is 4.83 Å². The standard InChI is InChI=1S/C12H15BrCl2/c1-8(2)10(13)5-3-9-4-6-11(14)12(15)7-9/h4,6-8,10H,3,5H2,1-2H3. The number of hydrogen-bond donors (Lipinski definition) is 0. The van der Waals surface area contributed by atoms with Crippen molar-refractivity contribution in [2.45, 2.75) is 31.5 Å². The lowest BCUT2D eigenvalue weighted by Crippen LogP contribution is -2.08. The Morgan fingerprint density at radius 3 is 2.40 bits per heavy atom. The van der Waals surface area contributed by atoms with Crippen LogP contribution in [0.25, 0.3) is 0 Å². The SMILES string of the molecule is CC(C)C(Br)CCc1ccc(Cl)c(Cl)c1. The van der Waals surface area contributed by atoms with E-state index in [0.717, 1.165) is 12.8 Å². The van der Waals surface area contributed by atoms with Gasteiger partial charge in [-0.3, -0.25) is 0 Å². The molecule has 0 aromatic heterocycles. The van der Waals surface area contributed by atoms with Crippen LogP contribution in [0.4, 0.5) is 0 Å². The van der Waals surface area contributed by atoms with Crippen LogP contribution >= 0.6 is 39.1 Å². The van der Waals surface area contributed by atoms with Gasteiger partial charge in [-0.2, -0.15) is 0 Å². The zero-order valence-electron chi connectivity index (χ0n) is 8.93. The molecule has 3 heteroatoms. The van der Waals surface area contributed by atoms with Gasteiger partial charge in [-0.25, -0.2) is 0 Å². The molecule has 15 heavy (non-hydrogen) atoms. The largest absolute Gasteiger partial charge is 0.0888 e. The Labute approximate surface area is 110 Å². The molecule has 0 saturated carbocycles. The van der Waals surface area contributed by atoms with Crippen molar-refractivity contribution in [1.82, 2.24) is 0 Å². The lowest BCUT2D eigenvalue weighted by Gasteiger charge is -2.13. The molecule has 1 atom stereocenters. The molecule has 1 unspecified atom stereocenters. The van der Waals surface area contributed by atoms with Gasteiger partial charge in [-0.1, -0.05) is 59.0 Å². The van der Waals surface area contributed by atoms with E-state index in [0.29, 0.717) is 20.8 Å². The van der Waals surface area contributed by atoms with E-state index in [9.17, 15) is 0 Å². The highest BCUT2D eigenvalue weighted by molar-refractivity contribution is 9.09. The Morgan fingerprint density at radius 1 is 1.20 bits per heavy atom. The maximum absolute atomic E-state index is 5.95. The van der Waals surface area contributed by atoms with Crippen molar-refractivity contribution in [2.24, 2.45) is 5.92 Å². The summed E-state index contributed by atoms with van der Waals surface area (Å²) in [7, 11) is 0. The molecule has 1 aromatic rings. The molecule has 0 fully saturated rings. The molecule has 0 nitrogen and oxygen atoms in total. The van der Waals surface area contributed by atoms with Crippen molar-refractivity contribution < 1.29 is 0 Å². The van der Waals surface area contributed by atoms with Gasteiger partial charge in [0.05, 0.1) is 10.0 Å². The summed E-state index contributed by atoms with van der Waals surface area (Å²) in [4.78, 5) is 0.562. The minimum atomic E-state index is 0.562. The molecule has 0 radical (unpaired) electrons. The predicted molar refractivity (Wildman–Crippen MR) is 72.3 cm³/mol. The molecule has 0 amide bonds. The quantitative estimate of drug-likeness (QED) is 0.658. The van der Waals surface area contributed by atoms with Gasteiger partial charge >= 0.3 is 0 Å². The first-order chi connectivity index (χ1) is 7.00. The number of rotatable bonds is 4. The first kappa shape index (κ1) is 13.3. The van der Waals surface area contributed by atoms with Gasteiger partial charge in [0, 0.05) is 4.83 Å². The maximum Gasteiger partial charge on any atom is 0.0595 e. The summed E-state index contributed by atoms with van der Waals surface area (Å²) in [5.74, 6) is 0.660. The van der Waals surface area contributed by atoms with Gasteiger partial charge in [0.2, 0.25) is 0 Å². The van der Waals surface area contributed by atoms with Crippen LogP contribution < -0.4 is 0 Å². The summed E-state index contributed by atoms with van der Waals surface area (Å²) >= 11 is 15.5. The third-order valence-corrected chi connectivity index (χ3v) is 4.67. The van der Waals surface area contributed by atoms with E-state index in [4.69, 9.17) is 23.2 Å². The maximum atomic E-state index is 5.95. The first-order valence-electron chi connectivity index (χ1n) is 5.08. The van der Waals surface area contributed by atoms with E-state index < -0.39 is 0 Å². The summed E-state index contributed by atoms with van der Waals surface area (Å²) in [6.07, 6.45) is 2.15. The zero-order valence-corrected chi connectivity index (χ0v) is 12.0. The number of halogens is 3. The monoisotopic (exact) mass is 308 g/mol. The molecule has 0 aliphatic rings. The van der Waals surface area contributed by atoms with Gasteiger partial charge < -0.3 is 0 Å². The Balaban J connectivity index is 2.55. The molecule has 0 aliphatic heterocycles. The van der Waals surface area contributed by atoms with Crippen LogP contribution in [0.3, 0.4) is 0 Å². The molecule has 0 N–H and O–H groups in total. The van der Waals surface area contributed by atoms with E-state index in [-0.39, 0.29) is 0 Å². The molecule has 1 rings (SSSR count). The summed E-state index contributed by atoms with van der Waals surface area (Å²) in [6.45, 7) is 4.43. The topological polar surface area (TPSA) is 0 Å². The van der Waals surface area contributed by atoms with Crippen molar-refractivity contribution >= 4 is 39.1 Å². The minimum Gasteiger partial charge on any atom is -0.0888 e. The molecule has 0 saturated heterocycles. The van der Waals surface area contributed by atoms with Crippen LogP contribution in [0.5, 0.6) is 0 Å². The molecule has 0 aliphatic carbocycles. The van der Waals surface area contributed by atoms with Crippen molar-refractivity contribution in [2.75, 3.05) is 0 Å². The average molecular weight is 310 g/mol. The highest BCUT2D eigenvalue weighted by Gasteiger charge is 2.09. The Bertz CT molecular complexity index is 323. The fourth-order valence-electron chi connectivity index (χ4n) is 1.33. The van der Waals surface area contributed by atoms with Gasteiger partial charge in [0.1, 0.15) is 0 Å². The highest BCUT2D eigenvalue weighted by Crippen LogP contribution is 2.24. The van der Waals surface area contributed by atoms with Crippen molar-refractivity contribution in [3.63, 3.8) is 0 Å². The average Bonchev–Trinajstić information content (AvgIpc) is 2.19. The molecule has 1 aromatic carbocycles. The Morgan fingerprint density at radius 2 is 1.87 bits per heavy atom. The first-order valence-corrected chi connectivity index (χ1v) is 6.76. The van der Waals surface area contributed by atoms with Gasteiger partial charge in [0.25, 0.3) is 0 Å². The van der Waals surface area contributed by atoms with Crippen molar-refractivity contribution in [3.8, 4) is 0 Å². The molecule has 0 bridgehead atoms. The van der Waals surface area contributed by atoms with E-state index in [2.05, 4.69) is 29.8 Å². The van der Waals surface area contributed by atoms with Crippen LogP contribution in [0.15, 0.2) is 18.2 Å². The van der Waals surface area contributed by atoms with Crippen molar-refractivity contribution in [1.29, 1.82) is 0 Å². The summed E-state index contributed by atoms with van der Waals surface area (Å²) in [5, 5.41) is 1.27. The molecule has 0 heterocycles. The number of benzene rings is 1. The Hall–Kier alpha value is 0.280. The summed E-state index contributed by atoms with van der Waals surface area (Å²) in [5.41, 5.74) is 1.24. The van der Waals surface area contributed by atoms with E-state index in [1.807, 2.05) is 18.2 Å². The smallest absolute Gasteiger partial charge is 0.0595 e. The zero-order chi connectivity index (χ0) is 11.4. The minimum absolute atomic E-state index is 0.562. The number of alkyl halides is 1. The fourth-order valence-corrected chi connectivity index (χ4v) is 1.88. The van der Waals surface area contributed by atoms with Gasteiger partial charge in [-0.15, -0.1) is 0 Å². The lowest BCUT2D eigenvalue weighted by molar-refractivity contribution is 0.582. The molecular formula is C12H15BrCl2.